The van der Waals surface area contributed by atoms with Crippen molar-refractivity contribution in [3.05, 3.63) is 47.7 Å². The van der Waals surface area contributed by atoms with Crippen LogP contribution in [0.25, 0.3) is 0 Å². The molecular formula is C24H36O3. The van der Waals surface area contributed by atoms with Crippen molar-refractivity contribution < 1.29 is 14.3 Å². The Bertz CT molecular complexity index is 605. The highest BCUT2D eigenvalue weighted by molar-refractivity contribution is 5.70. The molecule has 0 radical (unpaired) electrons. The predicted octanol–water partition coefficient (Wildman–Crippen LogP) is 6.49. The summed E-state index contributed by atoms with van der Waals surface area (Å²) in [5.41, 5.74) is 2.57. The summed E-state index contributed by atoms with van der Waals surface area (Å²) in [7, 11) is 0. The van der Waals surface area contributed by atoms with Gasteiger partial charge in [0.05, 0.1) is 18.5 Å². The minimum Gasteiger partial charge on any atom is -0.435 e. The number of esters is 1. The van der Waals surface area contributed by atoms with Gasteiger partial charge in [-0.2, -0.15) is 0 Å². The molecule has 150 valence electrons. The second-order valence-electron chi connectivity index (χ2n) is 8.04. The molecule has 0 bridgehead atoms. The van der Waals surface area contributed by atoms with E-state index < -0.39 is 0 Å². The van der Waals surface area contributed by atoms with E-state index in [0.717, 1.165) is 25.7 Å². The Morgan fingerprint density at radius 3 is 2.59 bits per heavy atom. The number of hydrogen-bond donors (Lipinski definition) is 0. The van der Waals surface area contributed by atoms with E-state index in [0.29, 0.717) is 18.4 Å². The van der Waals surface area contributed by atoms with Gasteiger partial charge < -0.3 is 9.47 Å². The van der Waals surface area contributed by atoms with Crippen LogP contribution in [0.4, 0.5) is 0 Å². The molecule has 0 saturated carbocycles. The molecule has 3 heteroatoms. The molecule has 0 spiro atoms. The highest BCUT2D eigenvalue weighted by Crippen LogP contribution is 2.24. The summed E-state index contributed by atoms with van der Waals surface area (Å²) in [6.07, 6.45) is 10.9. The third-order valence-electron chi connectivity index (χ3n) is 5.48. The molecule has 0 amide bonds. The molecule has 1 fully saturated rings. The third-order valence-corrected chi connectivity index (χ3v) is 5.48. The average Bonchev–Trinajstić information content (AvgIpc) is 2.91. The fourth-order valence-electron chi connectivity index (χ4n) is 3.55. The molecule has 3 nitrogen and oxygen atoms in total. The maximum atomic E-state index is 12.1. The minimum absolute atomic E-state index is 0.171. The Morgan fingerprint density at radius 2 is 1.89 bits per heavy atom. The van der Waals surface area contributed by atoms with E-state index in [2.05, 4.69) is 52.0 Å². The molecule has 1 aliphatic heterocycles. The first kappa shape index (κ1) is 21.7. The number of benzene rings is 1. The molecule has 1 aliphatic rings. The van der Waals surface area contributed by atoms with Crippen LogP contribution in [0.3, 0.4) is 0 Å². The zero-order valence-corrected chi connectivity index (χ0v) is 17.4. The molecule has 0 N–H and O–H groups in total. The molecule has 1 heterocycles. The number of rotatable bonds is 8. The highest BCUT2D eigenvalue weighted by Gasteiger charge is 2.20. The SMILES string of the molecule is CCC1CCCCC(CCC(=O)OC=CC(C)c2cccc(C(C)C)c2)O1. The van der Waals surface area contributed by atoms with Gasteiger partial charge in [0, 0.05) is 12.3 Å². The lowest BCUT2D eigenvalue weighted by molar-refractivity contribution is -0.139. The van der Waals surface area contributed by atoms with Gasteiger partial charge in [0.15, 0.2) is 0 Å². The van der Waals surface area contributed by atoms with E-state index in [1.807, 2.05) is 6.08 Å². The van der Waals surface area contributed by atoms with Crippen molar-refractivity contribution in [3.8, 4) is 0 Å². The number of carbonyl (C=O) groups excluding carboxylic acids is 1. The fraction of sp³-hybridized carbons (Fsp3) is 0.625. The summed E-state index contributed by atoms with van der Waals surface area (Å²) in [4.78, 5) is 12.1. The van der Waals surface area contributed by atoms with Crippen LogP contribution in [0.1, 0.15) is 95.6 Å². The molecule has 2 rings (SSSR count). The minimum atomic E-state index is -0.171. The zero-order chi connectivity index (χ0) is 19.6. The lowest BCUT2D eigenvalue weighted by Crippen LogP contribution is -2.20. The van der Waals surface area contributed by atoms with Crippen molar-refractivity contribution in [1.82, 2.24) is 0 Å². The summed E-state index contributed by atoms with van der Waals surface area (Å²) < 4.78 is 11.4. The van der Waals surface area contributed by atoms with Gasteiger partial charge in [-0.15, -0.1) is 0 Å². The molecule has 3 atom stereocenters. The lowest BCUT2D eigenvalue weighted by Gasteiger charge is -2.20. The number of carbonyl (C=O) groups is 1. The van der Waals surface area contributed by atoms with Crippen LogP contribution >= 0.6 is 0 Å². The van der Waals surface area contributed by atoms with E-state index in [1.165, 1.54) is 24.0 Å². The van der Waals surface area contributed by atoms with E-state index in [-0.39, 0.29) is 18.0 Å². The maximum absolute atomic E-state index is 12.1. The first-order chi connectivity index (χ1) is 13.0. The van der Waals surface area contributed by atoms with Crippen molar-refractivity contribution >= 4 is 5.97 Å². The Balaban J connectivity index is 1.76. The van der Waals surface area contributed by atoms with Gasteiger partial charge >= 0.3 is 5.97 Å². The topological polar surface area (TPSA) is 35.5 Å². The molecular weight excluding hydrogens is 336 g/mol. The average molecular weight is 373 g/mol. The van der Waals surface area contributed by atoms with Crippen LogP contribution in [0.15, 0.2) is 36.6 Å². The predicted molar refractivity (Wildman–Crippen MR) is 111 cm³/mol. The molecule has 0 aliphatic carbocycles. The number of hydrogen-bond acceptors (Lipinski definition) is 3. The van der Waals surface area contributed by atoms with E-state index in [4.69, 9.17) is 9.47 Å². The van der Waals surface area contributed by atoms with Crippen LogP contribution in [0.5, 0.6) is 0 Å². The Hall–Kier alpha value is -1.61. The van der Waals surface area contributed by atoms with Crippen molar-refractivity contribution in [1.29, 1.82) is 0 Å². The monoisotopic (exact) mass is 372 g/mol. The lowest BCUT2D eigenvalue weighted by atomic mass is 9.95. The van der Waals surface area contributed by atoms with Gasteiger partial charge in [-0.3, -0.25) is 4.79 Å². The largest absolute Gasteiger partial charge is 0.435 e. The first-order valence-corrected chi connectivity index (χ1v) is 10.6. The van der Waals surface area contributed by atoms with Gasteiger partial charge in [-0.05, 0) is 48.8 Å². The van der Waals surface area contributed by atoms with Gasteiger partial charge in [0.1, 0.15) is 0 Å². The summed E-state index contributed by atoms with van der Waals surface area (Å²) in [5, 5.41) is 0. The second kappa shape index (κ2) is 11.3. The van der Waals surface area contributed by atoms with E-state index in [1.54, 1.807) is 6.26 Å². The third kappa shape index (κ3) is 7.50. The van der Waals surface area contributed by atoms with Crippen molar-refractivity contribution in [2.45, 2.75) is 96.7 Å². The summed E-state index contributed by atoms with van der Waals surface area (Å²) in [5.74, 6) is 0.555. The first-order valence-electron chi connectivity index (χ1n) is 10.6. The van der Waals surface area contributed by atoms with E-state index in [9.17, 15) is 4.79 Å². The van der Waals surface area contributed by atoms with Crippen LogP contribution < -0.4 is 0 Å². The Labute approximate surface area is 165 Å². The van der Waals surface area contributed by atoms with Crippen LogP contribution in [-0.2, 0) is 14.3 Å². The van der Waals surface area contributed by atoms with Gasteiger partial charge in [0.25, 0.3) is 0 Å². The number of allylic oxidation sites excluding steroid dienone is 1. The fourth-order valence-corrected chi connectivity index (χ4v) is 3.55. The molecule has 27 heavy (non-hydrogen) atoms. The molecule has 3 unspecified atom stereocenters. The quantitative estimate of drug-likeness (QED) is 0.386. The standard InChI is InChI=1S/C24H36O3/c1-5-22-11-6-7-12-23(27-22)13-14-24(25)26-16-15-19(4)21-10-8-9-20(17-21)18(2)3/h8-10,15-19,22-23H,5-7,11-14H2,1-4H3. The van der Waals surface area contributed by atoms with E-state index >= 15 is 0 Å². The molecule has 1 aromatic carbocycles. The van der Waals surface area contributed by atoms with Crippen LogP contribution in [-0.4, -0.2) is 18.2 Å². The van der Waals surface area contributed by atoms with Crippen molar-refractivity contribution in [3.63, 3.8) is 0 Å². The second-order valence-corrected chi connectivity index (χ2v) is 8.04. The van der Waals surface area contributed by atoms with Gasteiger partial charge in [-0.1, -0.05) is 64.8 Å². The number of ether oxygens (including phenoxy) is 2. The Morgan fingerprint density at radius 1 is 1.19 bits per heavy atom. The summed E-state index contributed by atoms with van der Waals surface area (Å²) >= 11 is 0. The normalized spacial score (nSPS) is 22.0. The van der Waals surface area contributed by atoms with Gasteiger partial charge in [0.2, 0.25) is 0 Å². The molecule has 0 aromatic heterocycles. The summed E-state index contributed by atoms with van der Waals surface area (Å²) in [6.45, 7) is 8.68. The maximum Gasteiger partial charge on any atom is 0.310 e. The molecule has 1 aromatic rings. The van der Waals surface area contributed by atoms with Crippen LogP contribution in [0.2, 0.25) is 0 Å². The zero-order valence-electron chi connectivity index (χ0n) is 17.4. The smallest absolute Gasteiger partial charge is 0.310 e. The van der Waals surface area contributed by atoms with Gasteiger partial charge in [-0.25, -0.2) is 0 Å². The highest BCUT2D eigenvalue weighted by atomic mass is 16.5. The van der Waals surface area contributed by atoms with Crippen molar-refractivity contribution in [2.75, 3.05) is 0 Å². The summed E-state index contributed by atoms with van der Waals surface area (Å²) in [6, 6.07) is 8.60. The van der Waals surface area contributed by atoms with Crippen molar-refractivity contribution in [2.24, 2.45) is 0 Å². The molecule has 1 saturated heterocycles. The Kier molecular flexibility index (Phi) is 9.06. The van der Waals surface area contributed by atoms with Crippen LogP contribution in [0, 0.1) is 0 Å².